The van der Waals surface area contributed by atoms with Crippen molar-refractivity contribution in [3.05, 3.63) is 46.6 Å². The Hall–Kier alpha value is -2.40. The summed E-state index contributed by atoms with van der Waals surface area (Å²) in [4.78, 5) is 15.9. The van der Waals surface area contributed by atoms with E-state index in [2.05, 4.69) is 25.8 Å². The van der Waals surface area contributed by atoms with Gasteiger partial charge in [-0.05, 0) is 30.3 Å². The van der Waals surface area contributed by atoms with Gasteiger partial charge in [-0.2, -0.15) is 10.1 Å². The van der Waals surface area contributed by atoms with Crippen molar-refractivity contribution in [2.45, 2.75) is 26.2 Å². The molecule has 5 nitrogen and oxygen atoms in total. The van der Waals surface area contributed by atoms with Crippen LogP contribution in [0.1, 0.15) is 36.8 Å². The van der Waals surface area contributed by atoms with E-state index in [1.165, 1.54) is 7.11 Å². The molecule has 3 aromatic rings. The highest BCUT2D eigenvalue weighted by Crippen LogP contribution is 2.32. The van der Waals surface area contributed by atoms with Gasteiger partial charge in [0.15, 0.2) is 11.9 Å². The molecule has 0 aliphatic carbocycles. The van der Waals surface area contributed by atoms with Gasteiger partial charge in [0, 0.05) is 15.8 Å². The largest absolute Gasteiger partial charge is 0.480 e. The Labute approximate surface area is 145 Å². The molecule has 0 fully saturated rings. The Bertz CT molecular complexity index is 909. The average Bonchev–Trinajstić information content (AvgIpc) is 2.93. The number of rotatable bonds is 3. The van der Waals surface area contributed by atoms with Crippen LogP contribution in [0.5, 0.6) is 5.88 Å². The summed E-state index contributed by atoms with van der Waals surface area (Å²) in [6.07, 6.45) is 0.747. The van der Waals surface area contributed by atoms with E-state index in [9.17, 15) is 4.79 Å². The number of hydrogen-bond donors (Lipinski definition) is 0. The molecule has 0 atom stereocenters. The summed E-state index contributed by atoms with van der Waals surface area (Å²) in [5.41, 5.74) is 2.56. The molecule has 0 unspecified atom stereocenters. The van der Waals surface area contributed by atoms with Gasteiger partial charge in [0.05, 0.1) is 24.1 Å². The molecule has 0 spiro atoms. The minimum Gasteiger partial charge on any atom is -0.480 e. The van der Waals surface area contributed by atoms with Crippen molar-refractivity contribution in [1.29, 1.82) is 0 Å². The summed E-state index contributed by atoms with van der Waals surface area (Å²) in [7, 11) is 1.49. The second-order valence-electron chi connectivity index (χ2n) is 6.56. The number of aromatic nitrogens is 3. The Morgan fingerprint density at radius 3 is 2.42 bits per heavy atom. The van der Waals surface area contributed by atoms with E-state index in [1.807, 2.05) is 12.1 Å². The topological polar surface area (TPSA) is 57.0 Å². The highest BCUT2D eigenvalue weighted by Gasteiger charge is 2.25. The van der Waals surface area contributed by atoms with Gasteiger partial charge in [0.2, 0.25) is 5.88 Å². The summed E-state index contributed by atoms with van der Waals surface area (Å²) < 4.78 is 7.00. The van der Waals surface area contributed by atoms with Crippen molar-refractivity contribution in [3.63, 3.8) is 0 Å². The SMILES string of the molecule is COc1nc2c(cc1C=O)c(C(C)(C)C)nn2-c1ccc(Cl)cc1. The molecule has 0 saturated carbocycles. The number of carbonyl (C=O) groups is 1. The van der Waals surface area contributed by atoms with Crippen molar-refractivity contribution in [2.75, 3.05) is 7.11 Å². The van der Waals surface area contributed by atoms with E-state index in [-0.39, 0.29) is 11.3 Å². The fourth-order valence-electron chi connectivity index (χ4n) is 2.60. The van der Waals surface area contributed by atoms with Crippen molar-refractivity contribution >= 4 is 28.9 Å². The molecule has 0 aliphatic heterocycles. The third-order valence-electron chi connectivity index (χ3n) is 3.75. The minimum atomic E-state index is -0.202. The molecule has 0 N–H and O–H groups in total. The lowest BCUT2D eigenvalue weighted by molar-refractivity contribution is 0.112. The van der Waals surface area contributed by atoms with Crippen LogP contribution in [-0.2, 0) is 5.41 Å². The summed E-state index contributed by atoms with van der Waals surface area (Å²) in [6.45, 7) is 6.23. The molecule has 0 aliphatic rings. The lowest BCUT2D eigenvalue weighted by atomic mass is 9.90. The normalized spacial score (nSPS) is 11.7. The molecule has 0 saturated heterocycles. The smallest absolute Gasteiger partial charge is 0.225 e. The van der Waals surface area contributed by atoms with Crippen LogP contribution in [-0.4, -0.2) is 28.2 Å². The number of pyridine rings is 1. The second-order valence-corrected chi connectivity index (χ2v) is 7.00. The fraction of sp³-hybridized carbons (Fsp3) is 0.278. The Morgan fingerprint density at radius 1 is 1.21 bits per heavy atom. The van der Waals surface area contributed by atoms with E-state index in [4.69, 9.17) is 21.4 Å². The molecule has 2 heterocycles. The van der Waals surface area contributed by atoms with Gasteiger partial charge in [-0.3, -0.25) is 4.79 Å². The molecule has 124 valence electrons. The molecule has 0 bridgehead atoms. The molecule has 6 heteroatoms. The number of benzene rings is 1. The third-order valence-corrected chi connectivity index (χ3v) is 4.00. The maximum Gasteiger partial charge on any atom is 0.225 e. The maximum absolute atomic E-state index is 11.3. The van der Waals surface area contributed by atoms with E-state index < -0.39 is 0 Å². The lowest BCUT2D eigenvalue weighted by Gasteiger charge is -2.15. The highest BCUT2D eigenvalue weighted by molar-refractivity contribution is 6.30. The van der Waals surface area contributed by atoms with Crippen LogP contribution in [0.3, 0.4) is 0 Å². The quantitative estimate of drug-likeness (QED) is 0.669. The van der Waals surface area contributed by atoms with E-state index in [0.29, 0.717) is 16.2 Å². The van der Waals surface area contributed by atoms with Crippen molar-refractivity contribution in [3.8, 4) is 11.6 Å². The molecule has 1 aromatic carbocycles. The molecular formula is C18H18ClN3O2. The van der Waals surface area contributed by atoms with Gasteiger partial charge in [-0.15, -0.1) is 0 Å². The number of fused-ring (bicyclic) bond motifs is 1. The molecule has 0 amide bonds. The average molecular weight is 344 g/mol. The standard InChI is InChI=1S/C18H18ClN3O2/c1-18(2,3)15-14-9-11(10-23)17(24-4)20-16(14)22(21-15)13-7-5-12(19)6-8-13/h5-10H,1-4H3. The highest BCUT2D eigenvalue weighted by atomic mass is 35.5. The Balaban J connectivity index is 2.37. The number of nitrogens with zero attached hydrogens (tertiary/aromatic N) is 3. The lowest BCUT2D eigenvalue weighted by Crippen LogP contribution is -2.13. The first-order valence-corrected chi connectivity index (χ1v) is 7.92. The molecule has 3 rings (SSSR count). The van der Waals surface area contributed by atoms with Crippen LogP contribution < -0.4 is 4.74 Å². The Kier molecular flexibility index (Phi) is 4.05. The van der Waals surface area contributed by atoms with E-state index >= 15 is 0 Å². The second kappa shape index (κ2) is 5.91. The monoisotopic (exact) mass is 343 g/mol. The zero-order valence-corrected chi connectivity index (χ0v) is 14.8. The van der Waals surface area contributed by atoms with Crippen LogP contribution in [0.4, 0.5) is 0 Å². The van der Waals surface area contributed by atoms with Crippen molar-refractivity contribution < 1.29 is 9.53 Å². The molecule has 0 radical (unpaired) electrons. The molecule has 24 heavy (non-hydrogen) atoms. The summed E-state index contributed by atoms with van der Waals surface area (Å²) in [5.74, 6) is 0.285. The fourth-order valence-corrected chi connectivity index (χ4v) is 2.73. The van der Waals surface area contributed by atoms with Gasteiger partial charge in [0.25, 0.3) is 0 Å². The van der Waals surface area contributed by atoms with Crippen LogP contribution >= 0.6 is 11.6 Å². The number of halogens is 1. The predicted octanol–water partition coefficient (Wildman–Crippen LogP) is 4.19. The molecule has 2 aromatic heterocycles. The zero-order chi connectivity index (χ0) is 17.5. The first-order chi connectivity index (χ1) is 11.3. The van der Waals surface area contributed by atoms with Gasteiger partial charge < -0.3 is 4.74 Å². The number of ether oxygens (including phenoxy) is 1. The van der Waals surface area contributed by atoms with Crippen molar-refractivity contribution in [2.24, 2.45) is 0 Å². The summed E-state index contributed by atoms with van der Waals surface area (Å²) in [5, 5.41) is 6.24. The maximum atomic E-state index is 11.3. The van der Waals surface area contributed by atoms with Crippen LogP contribution in [0.15, 0.2) is 30.3 Å². The number of methoxy groups -OCH3 is 1. The van der Waals surface area contributed by atoms with E-state index in [1.54, 1.807) is 22.9 Å². The van der Waals surface area contributed by atoms with Crippen LogP contribution in [0.2, 0.25) is 5.02 Å². The van der Waals surface area contributed by atoms with Crippen molar-refractivity contribution in [1.82, 2.24) is 14.8 Å². The minimum absolute atomic E-state index is 0.202. The zero-order valence-electron chi connectivity index (χ0n) is 14.0. The first-order valence-electron chi connectivity index (χ1n) is 7.54. The van der Waals surface area contributed by atoms with Crippen LogP contribution in [0.25, 0.3) is 16.7 Å². The third kappa shape index (κ3) is 2.76. The van der Waals surface area contributed by atoms with Gasteiger partial charge in [-0.1, -0.05) is 32.4 Å². The first kappa shape index (κ1) is 16.5. The summed E-state index contributed by atoms with van der Waals surface area (Å²) in [6, 6.07) is 9.15. The number of hydrogen-bond acceptors (Lipinski definition) is 4. The van der Waals surface area contributed by atoms with Gasteiger partial charge in [-0.25, -0.2) is 4.68 Å². The molecular weight excluding hydrogens is 326 g/mol. The predicted molar refractivity (Wildman–Crippen MR) is 94.5 cm³/mol. The summed E-state index contributed by atoms with van der Waals surface area (Å²) >= 11 is 5.98. The Morgan fingerprint density at radius 2 is 1.88 bits per heavy atom. The van der Waals surface area contributed by atoms with Crippen LogP contribution in [0, 0.1) is 0 Å². The number of carbonyl (C=O) groups excluding carboxylic acids is 1. The van der Waals surface area contributed by atoms with Gasteiger partial charge in [0.1, 0.15) is 0 Å². The number of aldehydes is 1. The van der Waals surface area contributed by atoms with E-state index in [0.717, 1.165) is 23.1 Å². The van der Waals surface area contributed by atoms with Gasteiger partial charge >= 0.3 is 0 Å².